The van der Waals surface area contributed by atoms with E-state index >= 15 is 0 Å². The number of nitrogens with two attached hydrogens (primary N) is 1. The Morgan fingerprint density at radius 2 is 1.92 bits per heavy atom. The fourth-order valence-electron chi connectivity index (χ4n) is 3.96. The maximum absolute atomic E-state index is 12.7. The van der Waals surface area contributed by atoms with Gasteiger partial charge in [0.1, 0.15) is 6.04 Å². The summed E-state index contributed by atoms with van der Waals surface area (Å²) in [6.07, 6.45) is 0. The van der Waals surface area contributed by atoms with Gasteiger partial charge in [0, 0.05) is 0 Å². The number of amides is 2. The number of nitrogens with one attached hydrogen (secondary N) is 1. The molecule has 2 amide bonds. The molecule has 7 nitrogen and oxygen atoms in total. The Morgan fingerprint density at radius 3 is 2.48 bits per heavy atom. The number of β-lactam (4-membered cyclic amide) rings is 1. The van der Waals surface area contributed by atoms with Crippen molar-refractivity contribution in [1.82, 2.24) is 5.32 Å². The summed E-state index contributed by atoms with van der Waals surface area (Å²) in [5, 5.41) is 12.0. The second kappa shape index (κ2) is 5.82. The molecule has 0 aliphatic carbocycles. The number of aliphatic carboxylic acids is 1. The molecule has 0 bridgehead atoms. The lowest BCUT2D eigenvalue weighted by atomic mass is 9.92. The first-order chi connectivity index (χ1) is 11.6. The molecular weight excluding hydrogens is 342 g/mol. The van der Waals surface area contributed by atoms with Crippen LogP contribution >= 0.6 is 11.8 Å². The Balaban J connectivity index is 1.77. The van der Waals surface area contributed by atoms with Gasteiger partial charge in [-0.25, -0.2) is 14.1 Å². The number of fused-ring (bicyclic) bond motifs is 1. The molecule has 134 valence electrons. The third-order valence-electron chi connectivity index (χ3n) is 5.15. The van der Waals surface area contributed by atoms with Crippen LogP contribution in [0.1, 0.15) is 25.5 Å². The maximum Gasteiger partial charge on any atom is 0.364 e. The standard InChI is InChI=1S/C17H21N3O4S/c1-17(2)12(16(23)24)20(3)14(22)11(15(20)25-17)19-13(21)10(18)9-7-5-4-6-8-9/h4-8,10-12,15H,18H2,1-3H3,(H-,19,21,23,24)/p+1. The molecule has 5 atom stereocenters. The van der Waals surface area contributed by atoms with E-state index in [9.17, 15) is 19.5 Å². The summed E-state index contributed by atoms with van der Waals surface area (Å²) in [6, 6.07) is 6.47. The van der Waals surface area contributed by atoms with Gasteiger partial charge in [-0.3, -0.25) is 4.79 Å². The van der Waals surface area contributed by atoms with E-state index in [0.717, 1.165) is 0 Å². The normalized spacial score (nSPS) is 33.9. The van der Waals surface area contributed by atoms with Crippen LogP contribution in [0.5, 0.6) is 0 Å². The fraction of sp³-hybridized carbons (Fsp3) is 0.471. The zero-order chi connectivity index (χ0) is 18.6. The minimum absolute atomic E-state index is 0.196. The number of nitrogens with zero attached hydrogens (tertiary/aromatic N) is 1. The summed E-state index contributed by atoms with van der Waals surface area (Å²) in [5.41, 5.74) is 6.64. The van der Waals surface area contributed by atoms with Crippen LogP contribution in [0.4, 0.5) is 0 Å². The van der Waals surface area contributed by atoms with Crippen molar-refractivity contribution < 1.29 is 24.0 Å². The molecule has 2 heterocycles. The summed E-state index contributed by atoms with van der Waals surface area (Å²) < 4.78 is -0.805. The first-order valence-corrected chi connectivity index (χ1v) is 8.90. The van der Waals surface area contributed by atoms with Gasteiger partial charge in [-0.2, -0.15) is 0 Å². The predicted octanol–water partition coefficient (Wildman–Crippen LogP) is 0.463. The third kappa shape index (κ3) is 2.56. The van der Waals surface area contributed by atoms with Gasteiger partial charge in [0.25, 0.3) is 0 Å². The Kier molecular flexibility index (Phi) is 4.17. The lowest BCUT2D eigenvalue weighted by molar-refractivity contribution is -0.885. The molecule has 2 aliphatic rings. The van der Waals surface area contributed by atoms with Crippen LogP contribution in [0.3, 0.4) is 0 Å². The smallest absolute Gasteiger partial charge is 0.364 e. The highest BCUT2D eigenvalue weighted by Crippen LogP contribution is 2.55. The lowest BCUT2D eigenvalue weighted by Crippen LogP contribution is -2.80. The average Bonchev–Trinajstić information content (AvgIpc) is 2.76. The minimum atomic E-state index is -0.999. The molecule has 4 N–H and O–H groups in total. The van der Waals surface area contributed by atoms with Gasteiger partial charge >= 0.3 is 11.9 Å². The van der Waals surface area contributed by atoms with Crippen LogP contribution in [0.25, 0.3) is 0 Å². The number of rotatable bonds is 4. The number of carboxylic acid groups (broad SMARTS) is 1. The maximum atomic E-state index is 12.7. The van der Waals surface area contributed by atoms with E-state index in [2.05, 4.69) is 5.32 Å². The van der Waals surface area contributed by atoms with Crippen molar-refractivity contribution in [3.63, 3.8) is 0 Å². The number of carboxylic acids is 1. The fourth-order valence-corrected chi connectivity index (χ4v) is 5.80. The van der Waals surface area contributed by atoms with Gasteiger partial charge in [-0.15, -0.1) is 0 Å². The van der Waals surface area contributed by atoms with Crippen LogP contribution in [0, 0.1) is 0 Å². The predicted molar refractivity (Wildman–Crippen MR) is 93.4 cm³/mol. The number of hydrogen-bond donors (Lipinski definition) is 3. The van der Waals surface area contributed by atoms with E-state index in [1.807, 2.05) is 19.9 Å². The van der Waals surface area contributed by atoms with E-state index in [1.54, 1.807) is 31.3 Å². The molecule has 8 heteroatoms. The highest BCUT2D eigenvalue weighted by molar-refractivity contribution is 8.01. The molecule has 2 aliphatic heterocycles. The molecule has 2 saturated heterocycles. The monoisotopic (exact) mass is 364 g/mol. The Morgan fingerprint density at radius 1 is 1.32 bits per heavy atom. The zero-order valence-electron chi connectivity index (χ0n) is 14.3. The minimum Gasteiger partial charge on any atom is -0.477 e. The average molecular weight is 364 g/mol. The molecular formula is C17H22N3O4S+. The van der Waals surface area contributed by atoms with Crippen molar-refractivity contribution in [1.29, 1.82) is 0 Å². The SMILES string of the molecule is CC1(C)SC2C(NC(=O)C(N)c3ccccc3)C(=O)[N+]2(C)C1C(=O)O. The molecule has 2 fully saturated rings. The van der Waals surface area contributed by atoms with Gasteiger partial charge in [-0.05, 0) is 19.4 Å². The van der Waals surface area contributed by atoms with Gasteiger partial charge in [-0.1, -0.05) is 42.1 Å². The Bertz CT molecular complexity index is 739. The summed E-state index contributed by atoms with van der Waals surface area (Å²) in [6.45, 7) is 3.64. The van der Waals surface area contributed by atoms with Crippen molar-refractivity contribution in [2.45, 2.75) is 42.1 Å². The van der Waals surface area contributed by atoms with Gasteiger partial charge < -0.3 is 16.2 Å². The second-order valence-corrected chi connectivity index (χ2v) is 8.98. The molecule has 0 saturated carbocycles. The van der Waals surface area contributed by atoms with Crippen molar-refractivity contribution in [2.75, 3.05) is 7.05 Å². The van der Waals surface area contributed by atoms with Gasteiger partial charge in [0.15, 0.2) is 5.37 Å². The molecule has 1 aromatic carbocycles. The van der Waals surface area contributed by atoms with Crippen LogP contribution in [-0.4, -0.2) is 56.6 Å². The van der Waals surface area contributed by atoms with Crippen LogP contribution in [-0.2, 0) is 14.4 Å². The molecule has 0 aromatic heterocycles. The van der Waals surface area contributed by atoms with Gasteiger partial charge in [0.2, 0.25) is 18.0 Å². The van der Waals surface area contributed by atoms with Gasteiger partial charge in [0.05, 0.1) is 11.8 Å². The molecule has 3 rings (SSSR count). The third-order valence-corrected chi connectivity index (χ3v) is 6.93. The van der Waals surface area contributed by atoms with Crippen molar-refractivity contribution in [3.05, 3.63) is 35.9 Å². The first-order valence-electron chi connectivity index (χ1n) is 8.02. The molecule has 0 spiro atoms. The highest BCUT2D eigenvalue weighted by Gasteiger charge is 2.76. The molecule has 25 heavy (non-hydrogen) atoms. The summed E-state index contributed by atoms with van der Waals surface area (Å²) in [7, 11) is 1.63. The number of likely N-dealkylation sites (N-methyl/N-ethyl adjacent to an activating group) is 1. The van der Waals surface area contributed by atoms with Crippen LogP contribution < -0.4 is 11.1 Å². The van der Waals surface area contributed by atoms with E-state index in [-0.39, 0.29) is 15.8 Å². The topological polar surface area (TPSA) is 109 Å². The summed E-state index contributed by atoms with van der Waals surface area (Å²) in [4.78, 5) is 36.8. The molecule has 0 radical (unpaired) electrons. The van der Waals surface area contributed by atoms with E-state index in [0.29, 0.717) is 5.56 Å². The number of hydrogen-bond acceptors (Lipinski definition) is 5. The van der Waals surface area contributed by atoms with Crippen molar-refractivity contribution >= 4 is 29.5 Å². The Labute approximate surface area is 150 Å². The Hall–Kier alpha value is -1.90. The van der Waals surface area contributed by atoms with Crippen molar-refractivity contribution in [2.24, 2.45) is 5.73 Å². The number of quaternary nitrogens is 1. The summed E-state index contributed by atoms with van der Waals surface area (Å²) in [5.74, 6) is -1.72. The second-order valence-electron chi connectivity index (χ2n) is 7.21. The largest absolute Gasteiger partial charge is 0.477 e. The van der Waals surface area contributed by atoms with Crippen LogP contribution in [0.15, 0.2) is 30.3 Å². The van der Waals surface area contributed by atoms with Crippen LogP contribution in [0.2, 0.25) is 0 Å². The van der Waals surface area contributed by atoms with E-state index < -0.39 is 34.7 Å². The van der Waals surface area contributed by atoms with E-state index in [1.165, 1.54) is 11.8 Å². The molecule has 1 aromatic rings. The lowest BCUT2D eigenvalue weighted by Gasteiger charge is -2.48. The number of benzene rings is 1. The summed E-state index contributed by atoms with van der Waals surface area (Å²) >= 11 is 1.43. The number of thioether (sulfide) groups is 1. The quantitative estimate of drug-likeness (QED) is 0.529. The first kappa shape index (κ1) is 17.9. The van der Waals surface area contributed by atoms with E-state index in [4.69, 9.17) is 5.73 Å². The number of carbonyl (C=O) groups is 3. The highest BCUT2D eigenvalue weighted by atomic mass is 32.2. The number of carbonyl (C=O) groups excluding carboxylic acids is 2. The van der Waals surface area contributed by atoms with Crippen molar-refractivity contribution in [3.8, 4) is 0 Å². The molecule has 5 unspecified atom stereocenters. The zero-order valence-corrected chi connectivity index (χ0v) is 15.1.